The van der Waals surface area contributed by atoms with Gasteiger partial charge in [0.2, 0.25) is 12.7 Å². The van der Waals surface area contributed by atoms with Crippen molar-refractivity contribution < 1.29 is 18.7 Å². The van der Waals surface area contributed by atoms with E-state index in [-0.39, 0.29) is 43.1 Å². The molecule has 0 unspecified atom stereocenters. The minimum atomic E-state index is -0.329. The van der Waals surface area contributed by atoms with E-state index in [2.05, 4.69) is 10.4 Å². The predicted molar refractivity (Wildman–Crippen MR) is 108 cm³/mol. The van der Waals surface area contributed by atoms with Gasteiger partial charge in [-0.05, 0) is 48.9 Å². The third-order valence-electron chi connectivity index (χ3n) is 4.83. The number of hydrogen-bond donors (Lipinski definition) is 1. The van der Waals surface area contributed by atoms with Crippen LogP contribution in [-0.4, -0.2) is 22.5 Å². The van der Waals surface area contributed by atoms with Crippen molar-refractivity contribution >= 4 is 5.91 Å². The summed E-state index contributed by atoms with van der Waals surface area (Å²) in [4.78, 5) is 24.5. The first-order valence-electron chi connectivity index (χ1n) is 9.52. The van der Waals surface area contributed by atoms with E-state index >= 15 is 0 Å². The Balaban J connectivity index is 1.42. The molecule has 0 spiro atoms. The van der Waals surface area contributed by atoms with Gasteiger partial charge in [-0.2, -0.15) is 5.10 Å². The zero-order chi connectivity index (χ0) is 21.1. The number of carbonyl (C=O) groups is 1. The van der Waals surface area contributed by atoms with Gasteiger partial charge in [-0.3, -0.25) is 9.59 Å². The van der Waals surface area contributed by atoms with Crippen LogP contribution in [-0.2, 0) is 11.3 Å². The van der Waals surface area contributed by atoms with Crippen molar-refractivity contribution in [1.82, 2.24) is 15.1 Å². The van der Waals surface area contributed by atoms with Gasteiger partial charge < -0.3 is 14.8 Å². The fraction of sp³-hybridized carbons (Fsp3) is 0.227. The number of nitrogens with zero attached hydrogens (tertiary/aromatic N) is 2. The number of carbonyl (C=O) groups excluding carboxylic acids is 1. The van der Waals surface area contributed by atoms with Gasteiger partial charge in [0.1, 0.15) is 5.82 Å². The Labute approximate surface area is 172 Å². The molecule has 0 saturated heterocycles. The quantitative estimate of drug-likeness (QED) is 0.677. The van der Waals surface area contributed by atoms with Crippen molar-refractivity contribution in [3.8, 4) is 22.8 Å². The molecule has 2 aromatic carbocycles. The number of nitrogens with one attached hydrogen (secondary N) is 1. The maximum Gasteiger partial charge on any atom is 0.266 e. The third-order valence-corrected chi connectivity index (χ3v) is 4.83. The zero-order valence-corrected chi connectivity index (χ0v) is 16.3. The summed E-state index contributed by atoms with van der Waals surface area (Å²) in [6.45, 7) is 2.13. The Hall–Kier alpha value is -3.68. The van der Waals surface area contributed by atoms with Crippen LogP contribution in [0.2, 0.25) is 0 Å². The Kier molecular flexibility index (Phi) is 5.47. The molecule has 1 atom stereocenters. The highest BCUT2D eigenvalue weighted by atomic mass is 19.1. The van der Waals surface area contributed by atoms with E-state index in [1.807, 2.05) is 13.0 Å². The summed E-state index contributed by atoms with van der Waals surface area (Å²) in [5.74, 6) is 0.735. The van der Waals surface area contributed by atoms with E-state index in [1.165, 1.54) is 22.9 Å². The maximum absolute atomic E-state index is 13.0. The molecule has 1 N–H and O–H groups in total. The summed E-state index contributed by atoms with van der Waals surface area (Å²) in [7, 11) is 0. The molecule has 30 heavy (non-hydrogen) atoms. The highest BCUT2D eigenvalue weighted by Gasteiger charge is 2.15. The van der Waals surface area contributed by atoms with Gasteiger partial charge in [0.25, 0.3) is 5.56 Å². The fourth-order valence-corrected chi connectivity index (χ4v) is 3.17. The van der Waals surface area contributed by atoms with Gasteiger partial charge in [0, 0.05) is 18.1 Å². The molecule has 7 nitrogen and oxygen atoms in total. The lowest BCUT2D eigenvalue weighted by molar-refractivity contribution is -0.122. The normalized spacial score (nSPS) is 13.1. The molecule has 1 aliphatic rings. The van der Waals surface area contributed by atoms with Crippen LogP contribution in [0.15, 0.2) is 59.4 Å². The molecule has 0 bridgehead atoms. The molecular weight excluding hydrogens is 389 g/mol. The molecule has 4 rings (SSSR count). The molecule has 3 aromatic rings. The van der Waals surface area contributed by atoms with E-state index in [1.54, 1.807) is 30.3 Å². The summed E-state index contributed by atoms with van der Waals surface area (Å²) in [6.07, 6.45) is 0.0863. The highest BCUT2D eigenvalue weighted by Crippen LogP contribution is 2.35. The summed E-state index contributed by atoms with van der Waals surface area (Å²) >= 11 is 0. The summed E-state index contributed by atoms with van der Waals surface area (Å²) in [5.41, 5.74) is 1.87. The lowest BCUT2D eigenvalue weighted by atomic mass is 10.1. The van der Waals surface area contributed by atoms with Crippen molar-refractivity contribution in [3.63, 3.8) is 0 Å². The van der Waals surface area contributed by atoms with Crippen molar-refractivity contribution in [2.24, 2.45) is 0 Å². The van der Waals surface area contributed by atoms with Gasteiger partial charge in [0.05, 0.1) is 18.3 Å². The summed E-state index contributed by atoms with van der Waals surface area (Å²) in [5, 5.41) is 7.22. The van der Waals surface area contributed by atoms with Gasteiger partial charge in [-0.15, -0.1) is 0 Å². The van der Waals surface area contributed by atoms with Crippen LogP contribution in [0.1, 0.15) is 24.9 Å². The van der Waals surface area contributed by atoms with E-state index in [4.69, 9.17) is 9.47 Å². The van der Waals surface area contributed by atoms with Crippen LogP contribution in [0.25, 0.3) is 11.3 Å². The zero-order valence-electron chi connectivity index (χ0n) is 16.3. The average molecular weight is 409 g/mol. The highest BCUT2D eigenvalue weighted by molar-refractivity contribution is 5.76. The SMILES string of the molecule is C[C@@H](NC(=O)CCn1nc(-c2ccc3c(c2)OCO3)ccc1=O)c1ccc(F)cc1. The van der Waals surface area contributed by atoms with Crippen molar-refractivity contribution in [2.45, 2.75) is 25.9 Å². The van der Waals surface area contributed by atoms with Gasteiger partial charge in [0.15, 0.2) is 11.5 Å². The van der Waals surface area contributed by atoms with Gasteiger partial charge in [-0.25, -0.2) is 9.07 Å². The number of amides is 1. The number of rotatable bonds is 6. The van der Waals surface area contributed by atoms with Crippen LogP contribution in [0.5, 0.6) is 11.5 Å². The molecule has 8 heteroatoms. The number of aryl methyl sites for hydroxylation is 1. The molecule has 1 amide bonds. The lowest BCUT2D eigenvalue weighted by Crippen LogP contribution is -2.30. The van der Waals surface area contributed by atoms with Gasteiger partial charge in [-0.1, -0.05) is 12.1 Å². The number of benzene rings is 2. The largest absolute Gasteiger partial charge is 0.454 e. The molecule has 154 valence electrons. The Morgan fingerprint density at radius 2 is 1.90 bits per heavy atom. The number of fused-ring (bicyclic) bond motifs is 1. The first-order chi connectivity index (χ1) is 14.5. The van der Waals surface area contributed by atoms with Crippen molar-refractivity contribution in [1.29, 1.82) is 0 Å². The Bertz CT molecular complexity index is 1130. The molecule has 2 heterocycles. The van der Waals surface area contributed by atoms with Gasteiger partial charge >= 0.3 is 0 Å². The monoisotopic (exact) mass is 409 g/mol. The van der Waals surface area contributed by atoms with Crippen LogP contribution in [0.3, 0.4) is 0 Å². The topological polar surface area (TPSA) is 82.5 Å². The van der Waals surface area contributed by atoms with E-state index in [0.717, 1.165) is 11.1 Å². The smallest absolute Gasteiger partial charge is 0.266 e. The number of ether oxygens (including phenoxy) is 2. The van der Waals surface area contributed by atoms with Crippen LogP contribution < -0.4 is 20.3 Å². The van der Waals surface area contributed by atoms with E-state index < -0.39 is 0 Å². The lowest BCUT2D eigenvalue weighted by Gasteiger charge is -2.14. The van der Waals surface area contributed by atoms with Crippen molar-refractivity contribution in [2.75, 3.05) is 6.79 Å². The van der Waals surface area contributed by atoms with Crippen LogP contribution in [0, 0.1) is 5.82 Å². The predicted octanol–water partition coefficient (Wildman–Crippen LogP) is 3.05. The van der Waals surface area contributed by atoms with E-state index in [9.17, 15) is 14.0 Å². The molecule has 1 aromatic heterocycles. The second-order valence-electron chi connectivity index (χ2n) is 6.94. The second-order valence-corrected chi connectivity index (χ2v) is 6.94. The third kappa shape index (κ3) is 4.32. The maximum atomic E-state index is 13.0. The average Bonchev–Trinajstić information content (AvgIpc) is 3.21. The Morgan fingerprint density at radius 1 is 1.13 bits per heavy atom. The summed E-state index contributed by atoms with van der Waals surface area (Å²) < 4.78 is 25.0. The summed E-state index contributed by atoms with van der Waals surface area (Å²) in [6, 6.07) is 14.2. The standard InChI is InChI=1S/C22H20FN3O4/c1-14(15-2-5-17(23)6-3-15)24-21(27)10-11-26-22(28)9-7-18(25-26)16-4-8-19-20(12-16)30-13-29-19/h2-9,12,14H,10-11,13H2,1H3,(H,24,27)/t14-/m1/s1. The molecule has 1 aliphatic heterocycles. The van der Waals surface area contributed by atoms with Crippen LogP contribution >= 0.6 is 0 Å². The van der Waals surface area contributed by atoms with Crippen molar-refractivity contribution in [3.05, 3.63) is 76.3 Å². The van der Waals surface area contributed by atoms with E-state index in [0.29, 0.717) is 17.2 Å². The molecule has 0 fully saturated rings. The number of hydrogen-bond acceptors (Lipinski definition) is 5. The first-order valence-corrected chi connectivity index (χ1v) is 9.52. The fourth-order valence-electron chi connectivity index (χ4n) is 3.17. The van der Waals surface area contributed by atoms with Crippen LogP contribution in [0.4, 0.5) is 4.39 Å². The molecule has 0 radical (unpaired) electrons. The number of aromatic nitrogens is 2. The Morgan fingerprint density at radius 3 is 2.70 bits per heavy atom. The second kappa shape index (κ2) is 8.36. The first kappa shape index (κ1) is 19.6. The molecular formula is C22H20FN3O4. The number of halogens is 1. The molecule has 0 saturated carbocycles. The molecule has 0 aliphatic carbocycles. The minimum Gasteiger partial charge on any atom is -0.454 e. The minimum absolute atomic E-state index is 0.0863.